The van der Waals surface area contributed by atoms with Gasteiger partial charge in [-0.25, -0.2) is 0 Å². The molecule has 0 aliphatic carbocycles. The maximum absolute atomic E-state index is 12.4. The van der Waals surface area contributed by atoms with E-state index < -0.39 is 0 Å². The highest BCUT2D eigenvalue weighted by atomic mass is 35.5. The molecule has 2 aromatic rings. The molecule has 0 unspecified atom stereocenters. The first-order valence-electron chi connectivity index (χ1n) is 5.77. The number of nitrogens with two attached hydrogens (primary N) is 1. The molecule has 0 radical (unpaired) electrons. The smallest absolute Gasteiger partial charge is 0.195 e. The van der Waals surface area contributed by atoms with Gasteiger partial charge in [0, 0.05) is 21.8 Å². The van der Waals surface area contributed by atoms with E-state index in [1.54, 1.807) is 43.5 Å². The first-order chi connectivity index (χ1) is 9.02. The number of benzene rings is 2. The van der Waals surface area contributed by atoms with Crippen LogP contribution in [0.4, 0.5) is 5.69 Å². The molecule has 3 nitrogen and oxygen atoms in total. The monoisotopic (exact) mass is 275 g/mol. The van der Waals surface area contributed by atoms with Crippen molar-refractivity contribution in [1.29, 1.82) is 0 Å². The number of hydrogen-bond donors (Lipinski definition) is 1. The molecule has 0 spiro atoms. The molecule has 0 atom stereocenters. The van der Waals surface area contributed by atoms with Crippen molar-refractivity contribution in [3.8, 4) is 5.75 Å². The van der Waals surface area contributed by atoms with Crippen LogP contribution < -0.4 is 10.5 Å². The van der Waals surface area contributed by atoms with Gasteiger partial charge >= 0.3 is 0 Å². The van der Waals surface area contributed by atoms with Gasteiger partial charge < -0.3 is 10.5 Å². The highest BCUT2D eigenvalue weighted by Crippen LogP contribution is 2.24. The Morgan fingerprint density at radius 2 is 1.95 bits per heavy atom. The van der Waals surface area contributed by atoms with E-state index >= 15 is 0 Å². The Labute approximate surface area is 117 Å². The molecule has 0 amide bonds. The van der Waals surface area contributed by atoms with Gasteiger partial charge in [-0.3, -0.25) is 4.79 Å². The lowest BCUT2D eigenvalue weighted by Crippen LogP contribution is -2.06. The molecule has 0 aliphatic rings. The summed E-state index contributed by atoms with van der Waals surface area (Å²) < 4.78 is 5.17. The number of carbonyl (C=O) groups is 1. The molecule has 4 heteroatoms. The van der Waals surface area contributed by atoms with E-state index in [1.807, 2.05) is 6.92 Å². The van der Waals surface area contributed by atoms with E-state index in [0.29, 0.717) is 21.8 Å². The van der Waals surface area contributed by atoms with Gasteiger partial charge in [0.05, 0.1) is 7.11 Å². The molecule has 2 N–H and O–H groups in total. The van der Waals surface area contributed by atoms with Crippen LogP contribution in [0.15, 0.2) is 36.4 Å². The molecular formula is C15H14ClNO2. The van der Waals surface area contributed by atoms with Crippen LogP contribution >= 0.6 is 11.6 Å². The fraction of sp³-hybridized carbons (Fsp3) is 0.133. The molecule has 0 saturated carbocycles. The summed E-state index contributed by atoms with van der Waals surface area (Å²) in [7, 11) is 1.60. The van der Waals surface area contributed by atoms with E-state index in [-0.39, 0.29) is 5.78 Å². The second kappa shape index (κ2) is 5.33. The lowest BCUT2D eigenvalue weighted by atomic mass is 10.00. The van der Waals surface area contributed by atoms with Crippen LogP contribution in [0.3, 0.4) is 0 Å². The highest BCUT2D eigenvalue weighted by molar-refractivity contribution is 6.31. The standard InChI is InChI=1S/C15H14ClNO2/c1-9-7-10(3-6-14(9)19-2)15(18)12-8-11(16)4-5-13(12)17/h3-8H,17H2,1-2H3. The summed E-state index contributed by atoms with van der Waals surface area (Å²) in [5.74, 6) is 0.598. The summed E-state index contributed by atoms with van der Waals surface area (Å²) in [5, 5.41) is 0.489. The zero-order valence-corrected chi connectivity index (χ0v) is 11.5. The molecule has 19 heavy (non-hydrogen) atoms. The van der Waals surface area contributed by atoms with Crippen LogP contribution in [0.1, 0.15) is 21.5 Å². The third-order valence-electron chi connectivity index (χ3n) is 2.92. The summed E-state index contributed by atoms with van der Waals surface area (Å²) in [5.41, 5.74) is 8.11. The first kappa shape index (κ1) is 13.4. The van der Waals surface area contributed by atoms with Gasteiger partial charge in [0.25, 0.3) is 0 Å². The van der Waals surface area contributed by atoms with Crippen LogP contribution in [0.2, 0.25) is 5.02 Å². The van der Waals surface area contributed by atoms with Gasteiger partial charge in [-0.15, -0.1) is 0 Å². The Bertz CT molecular complexity index is 638. The molecule has 0 aromatic heterocycles. The van der Waals surface area contributed by atoms with Gasteiger partial charge in [0.15, 0.2) is 5.78 Å². The molecular weight excluding hydrogens is 262 g/mol. The number of halogens is 1. The maximum atomic E-state index is 12.4. The van der Waals surface area contributed by atoms with Crippen molar-refractivity contribution in [2.24, 2.45) is 0 Å². The average molecular weight is 276 g/mol. The second-order valence-corrected chi connectivity index (χ2v) is 4.68. The highest BCUT2D eigenvalue weighted by Gasteiger charge is 2.14. The summed E-state index contributed by atoms with van der Waals surface area (Å²) in [6.07, 6.45) is 0. The lowest BCUT2D eigenvalue weighted by Gasteiger charge is -2.08. The number of aryl methyl sites for hydroxylation is 1. The van der Waals surface area contributed by atoms with E-state index in [4.69, 9.17) is 22.1 Å². The van der Waals surface area contributed by atoms with Crippen molar-refractivity contribution >= 4 is 23.1 Å². The third-order valence-corrected chi connectivity index (χ3v) is 3.15. The lowest BCUT2D eigenvalue weighted by molar-refractivity contribution is 0.103. The summed E-state index contributed by atoms with van der Waals surface area (Å²) >= 11 is 5.90. The van der Waals surface area contributed by atoms with Gasteiger partial charge in [0.1, 0.15) is 5.75 Å². The first-order valence-corrected chi connectivity index (χ1v) is 6.15. The predicted molar refractivity (Wildman–Crippen MR) is 77.0 cm³/mol. The van der Waals surface area contributed by atoms with Crippen LogP contribution in [0.5, 0.6) is 5.75 Å². The Kier molecular flexibility index (Phi) is 3.76. The molecule has 0 aliphatic heterocycles. The summed E-state index contributed by atoms with van der Waals surface area (Å²) in [4.78, 5) is 12.4. The van der Waals surface area contributed by atoms with E-state index in [1.165, 1.54) is 0 Å². The van der Waals surface area contributed by atoms with Crippen molar-refractivity contribution < 1.29 is 9.53 Å². The number of ketones is 1. The van der Waals surface area contributed by atoms with Crippen molar-refractivity contribution in [3.05, 3.63) is 58.1 Å². The maximum Gasteiger partial charge on any atom is 0.195 e. The molecule has 0 saturated heterocycles. The summed E-state index contributed by atoms with van der Waals surface area (Å²) in [6.45, 7) is 1.89. The van der Waals surface area contributed by atoms with E-state index in [2.05, 4.69) is 0 Å². The molecule has 98 valence electrons. The van der Waals surface area contributed by atoms with Crippen LogP contribution in [0, 0.1) is 6.92 Å². The number of ether oxygens (including phenoxy) is 1. The Balaban J connectivity index is 2.44. The number of nitrogen functional groups attached to an aromatic ring is 1. The van der Waals surface area contributed by atoms with E-state index in [0.717, 1.165) is 11.3 Å². The minimum atomic E-state index is -0.147. The number of carbonyl (C=O) groups excluding carboxylic acids is 1. The van der Waals surface area contributed by atoms with E-state index in [9.17, 15) is 4.79 Å². The third kappa shape index (κ3) is 2.71. The second-order valence-electron chi connectivity index (χ2n) is 4.25. The van der Waals surface area contributed by atoms with Gasteiger partial charge in [-0.1, -0.05) is 11.6 Å². The molecule has 2 rings (SSSR count). The Morgan fingerprint density at radius 3 is 2.58 bits per heavy atom. The van der Waals surface area contributed by atoms with Crippen molar-refractivity contribution in [3.63, 3.8) is 0 Å². The number of anilines is 1. The molecule has 0 fully saturated rings. The van der Waals surface area contributed by atoms with Gasteiger partial charge in [-0.05, 0) is 48.9 Å². The van der Waals surface area contributed by atoms with Gasteiger partial charge in [-0.2, -0.15) is 0 Å². The zero-order valence-electron chi connectivity index (χ0n) is 10.7. The molecule has 0 heterocycles. The zero-order chi connectivity index (χ0) is 14.0. The topological polar surface area (TPSA) is 52.3 Å². The van der Waals surface area contributed by atoms with Crippen LogP contribution in [-0.4, -0.2) is 12.9 Å². The fourth-order valence-corrected chi connectivity index (χ4v) is 2.07. The van der Waals surface area contributed by atoms with Gasteiger partial charge in [0.2, 0.25) is 0 Å². The number of methoxy groups -OCH3 is 1. The Hall–Kier alpha value is -2.00. The minimum Gasteiger partial charge on any atom is -0.496 e. The predicted octanol–water partition coefficient (Wildman–Crippen LogP) is 3.47. The van der Waals surface area contributed by atoms with Crippen LogP contribution in [-0.2, 0) is 0 Å². The fourth-order valence-electron chi connectivity index (χ4n) is 1.90. The normalized spacial score (nSPS) is 10.3. The molecule has 0 bridgehead atoms. The summed E-state index contributed by atoms with van der Waals surface area (Å²) in [6, 6.07) is 10.1. The quantitative estimate of drug-likeness (QED) is 0.689. The van der Waals surface area contributed by atoms with Crippen molar-refractivity contribution in [1.82, 2.24) is 0 Å². The Morgan fingerprint density at radius 1 is 1.21 bits per heavy atom. The van der Waals surface area contributed by atoms with Crippen molar-refractivity contribution in [2.45, 2.75) is 6.92 Å². The minimum absolute atomic E-state index is 0.147. The number of rotatable bonds is 3. The number of hydrogen-bond acceptors (Lipinski definition) is 3. The van der Waals surface area contributed by atoms with Crippen LogP contribution in [0.25, 0.3) is 0 Å². The average Bonchev–Trinajstić information content (AvgIpc) is 2.40. The molecule has 2 aromatic carbocycles. The van der Waals surface area contributed by atoms with Crippen molar-refractivity contribution in [2.75, 3.05) is 12.8 Å². The SMILES string of the molecule is COc1ccc(C(=O)c2cc(Cl)ccc2N)cc1C. The largest absolute Gasteiger partial charge is 0.496 e.